The van der Waals surface area contributed by atoms with Gasteiger partial charge in [0.2, 0.25) is 0 Å². The summed E-state index contributed by atoms with van der Waals surface area (Å²) in [6.07, 6.45) is 1.03. The molecule has 1 aliphatic rings. The molecule has 1 aliphatic heterocycles. The number of rotatable bonds is 8. The van der Waals surface area contributed by atoms with Crippen LogP contribution in [0.15, 0.2) is 29.3 Å². The van der Waals surface area contributed by atoms with Gasteiger partial charge in [0.1, 0.15) is 0 Å². The van der Waals surface area contributed by atoms with Crippen molar-refractivity contribution < 1.29 is 9.47 Å². The first-order valence-electron chi connectivity index (χ1n) is 10.2. The van der Waals surface area contributed by atoms with E-state index in [4.69, 9.17) is 14.5 Å². The second-order valence-electron chi connectivity index (χ2n) is 7.14. The maximum absolute atomic E-state index is 5.46. The Balaban J connectivity index is 1.53. The summed E-state index contributed by atoms with van der Waals surface area (Å²) in [6.45, 7) is 9.60. The number of nitrogens with zero attached hydrogens (tertiary/aromatic N) is 2. The second kappa shape index (κ2) is 10.5. The minimum atomic E-state index is 0.715. The molecule has 1 aromatic heterocycles. The Hall–Kier alpha value is -2.25. The van der Waals surface area contributed by atoms with Crippen molar-refractivity contribution in [2.24, 2.45) is 4.99 Å². The van der Waals surface area contributed by atoms with Gasteiger partial charge < -0.3 is 20.1 Å². The largest absolute Gasteiger partial charge is 0.493 e. The van der Waals surface area contributed by atoms with Crippen molar-refractivity contribution in [2.45, 2.75) is 33.4 Å². The molecule has 0 saturated carbocycles. The lowest BCUT2D eigenvalue weighted by atomic mass is 9.99. The van der Waals surface area contributed by atoms with E-state index in [9.17, 15) is 0 Å². The van der Waals surface area contributed by atoms with Crippen LogP contribution in [0.5, 0.6) is 11.5 Å². The number of nitrogens with one attached hydrogen (secondary N) is 2. The lowest BCUT2D eigenvalue weighted by molar-refractivity contribution is 0.256. The third kappa shape index (κ3) is 5.87. The number of thiophene rings is 1. The molecule has 0 saturated heterocycles. The van der Waals surface area contributed by atoms with Crippen molar-refractivity contribution in [3.05, 3.63) is 45.1 Å². The molecule has 3 rings (SSSR count). The Labute approximate surface area is 177 Å². The number of aryl methyl sites for hydroxylation is 1. The van der Waals surface area contributed by atoms with Crippen molar-refractivity contribution >= 4 is 17.3 Å². The zero-order valence-corrected chi connectivity index (χ0v) is 18.7. The molecule has 2 aromatic rings. The van der Waals surface area contributed by atoms with Gasteiger partial charge in [-0.1, -0.05) is 0 Å². The summed E-state index contributed by atoms with van der Waals surface area (Å²) in [4.78, 5) is 9.79. The first-order chi connectivity index (χ1) is 14.1. The summed E-state index contributed by atoms with van der Waals surface area (Å²) in [5, 5.41) is 6.80. The molecule has 0 bridgehead atoms. The highest BCUT2D eigenvalue weighted by Crippen LogP contribution is 2.33. The Bertz CT molecular complexity index is 834. The molecule has 0 unspecified atom stereocenters. The van der Waals surface area contributed by atoms with Crippen LogP contribution in [0.25, 0.3) is 0 Å². The number of guanidine groups is 1. The SMILES string of the molecule is CCNC(=NCc1ccc(C)s1)NCCN1CCc2cc(OC)c(OC)cc2C1. The van der Waals surface area contributed by atoms with E-state index in [1.807, 2.05) is 0 Å². The molecule has 29 heavy (non-hydrogen) atoms. The lowest BCUT2D eigenvalue weighted by Crippen LogP contribution is -2.42. The average Bonchev–Trinajstić information content (AvgIpc) is 3.16. The van der Waals surface area contributed by atoms with Gasteiger partial charge in [-0.25, -0.2) is 4.99 Å². The topological polar surface area (TPSA) is 58.1 Å². The van der Waals surface area contributed by atoms with Gasteiger partial charge >= 0.3 is 0 Å². The number of hydrogen-bond donors (Lipinski definition) is 2. The Kier molecular flexibility index (Phi) is 7.77. The predicted molar refractivity (Wildman–Crippen MR) is 120 cm³/mol. The molecule has 1 aromatic carbocycles. The summed E-state index contributed by atoms with van der Waals surface area (Å²) in [7, 11) is 3.38. The van der Waals surface area contributed by atoms with Crippen LogP contribution >= 0.6 is 11.3 Å². The number of methoxy groups -OCH3 is 2. The van der Waals surface area contributed by atoms with E-state index in [1.54, 1.807) is 25.6 Å². The van der Waals surface area contributed by atoms with Crippen molar-refractivity contribution in [3.8, 4) is 11.5 Å². The van der Waals surface area contributed by atoms with Crippen LogP contribution < -0.4 is 20.1 Å². The maximum atomic E-state index is 5.46. The van der Waals surface area contributed by atoms with Gasteiger partial charge in [-0.2, -0.15) is 0 Å². The van der Waals surface area contributed by atoms with Gasteiger partial charge in [0.25, 0.3) is 0 Å². The normalized spacial score (nSPS) is 14.4. The second-order valence-corrected chi connectivity index (χ2v) is 8.51. The Morgan fingerprint density at radius 3 is 2.55 bits per heavy atom. The van der Waals surface area contributed by atoms with Gasteiger partial charge in [0.05, 0.1) is 20.8 Å². The minimum absolute atomic E-state index is 0.715. The summed E-state index contributed by atoms with van der Waals surface area (Å²) in [6, 6.07) is 8.53. The van der Waals surface area contributed by atoms with Gasteiger partial charge in [0, 0.05) is 42.5 Å². The third-order valence-electron chi connectivity index (χ3n) is 5.05. The minimum Gasteiger partial charge on any atom is -0.493 e. The fourth-order valence-corrected chi connectivity index (χ4v) is 4.35. The van der Waals surface area contributed by atoms with Crippen LogP contribution in [-0.4, -0.2) is 51.3 Å². The van der Waals surface area contributed by atoms with Crippen molar-refractivity contribution in [3.63, 3.8) is 0 Å². The van der Waals surface area contributed by atoms with E-state index >= 15 is 0 Å². The first-order valence-corrected chi connectivity index (χ1v) is 11.0. The van der Waals surface area contributed by atoms with E-state index < -0.39 is 0 Å². The predicted octanol–water partition coefficient (Wildman–Crippen LogP) is 3.19. The van der Waals surface area contributed by atoms with Gasteiger partial charge in [0.15, 0.2) is 17.5 Å². The zero-order valence-electron chi connectivity index (χ0n) is 17.9. The Morgan fingerprint density at radius 2 is 1.90 bits per heavy atom. The fourth-order valence-electron chi connectivity index (χ4n) is 3.53. The molecule has 0 spiro atoms. The molecule has 158 valence electrons. The molecule has 2 N–H and O–H groups in total. The number of aliphatic imine (C=N–C) groups is 1. The van der Waals surface area contributed by atoms with E-state index in [0.29, 0.717) is 6.54 Å². The van der Waals surface area contributed by atoms with Gasteiger partial charge in [-0.05, 0) is 55.7 Å². The highest BCUT2D eigenvalue weighted by Gasteiger charge is 2.19. The van der Waals surface area contributed by atoms with Crippen molar-refractivity contribution in [1.82, 2.24) is 15.5 Å². The van der Waals surface area contributed by atoms with E-state index in [2.05, 4.69) is 53.6 Å². The smallest absolute Gasteiger partial charge is 0.191 e. The summed E-state index contributed by atoms with van der Waals surface area (Å²) in [5.74, 6) is 2.49. The quantitative estimate of drug-likeness (QED) is 0.511. The van der Waals surface area contributed by atoms with Crippen molar-refractivity contribution in [1.29, 1.82) is 0 Å². The monoisotopic (exact) mass is 416 g/mol. The number of fused-ring (bicyclic) bond motifs is 1. The fraction of sp³-hybridized carbons (Fsp3) is 0.500. The summed E-state index contributed by atoms with van der Waals surface area (Å²) < 4.78 is 10.9. The zero-order chi connectivity index (χ0) is 20.6. The molecule has 2 heterocycles. The molecule has 0 radical (unpaired) electrons. The molecule has 6 nitrogen and oxygen atoms in total. The molecule has 7 heteroatoms. The number of ether oxygens (including phenoxy) is 2. The van der Waals surface area contributed by atoms with Gasteiger partial charge in [-0.3, -0.25) is 4.90 Å². The van der Waals surface area contributed by atoms with Crippen LogP contribution in [0.3, 0.4) is 0 Å². The molecular formula is C22H32N4O2S. The molecule has 0 atom stereocenters. The molecule has 0 amide bonds. The lowest BCUT2D eigenvalue weighted by Gasteiger charge is -2.29. The first kappa shape index (κ1) is 21.5. The van der Waals surface area contributed by atoms with Gasteiger partial charge in [-0.15, -0.1) is 11.3 Å². The van der Waals surface area contributed by atoms with E-state index in [0.717, 1.165) is 56.6 Å². The van der Waals surface area contributed by atoms with Crippen LogP contribution in [0.2, 0.25) is 0 Å². The highest BCUT2D eigenvalue weighted by atomic mass is 32.1. The highest BCUT2D eigenvalue weighted by molar-refractivity contribution is 7.11. The average molecular weight is 417 g/mol. The third-order valence-corrected chi connectivity index (χ3v) is 6.04. The summed E-state index contributed by atoms with van der Waals surface area (Å²) in [5.41, 5.74) is 2.68. The van der Waals surface area contributed by atoms with Crippen LogP contribution in [-0.2, 0) is 19.5 Å². The Morgan fingerprint density at radius 1 is 1.14 bits per heavy atom. The van der Waals surface area contributed by atoms with Crippen LogP contribution in [0.1, 0.15) is 27.8 Å². The number of hydrogen-bond acceptors (Lipinski definition) is 5. The number of benzene rings is 1. The van der Waals surface area contributed by atoms with E-state index in [-0.39, 0.29) is 0 Å². The van der Waals surface area contributed by atoms with Crippen molar-refractivity contribution in [2.75, 3.05) is 40.4 Å². The van der Waals surface area contributed by atoms with Crippen LogP contribution in [0, 0.1) is 6.92 Å². The van der Waals surface area contributed by atoms with Crippen LogP contribution in [0.4, 0.5) is 0 Å². The standard InChI is InChI=1S/C22H32N4O2S/c1-5-23-22(25-14-19-7-6-16(2)29-19)24-9-11-26-10-8-17-12-20(27-3)21(28-4)13-18(17)15-26/h6-7,12-13H,5,8-11,14-15H2,1-4H3,(H2,23,24,25). The van der Waals surface area contributed by atoms with E-state index in [1.165, 1.54) is 20.9 Å². The molecule has 0 fully saturated rings. The summed E-state index contributed by atoms with van der Waals surface area (Å²) >= 11 is 1.80. The molecular weight excluding hydrogens is 384 g/mol. The maximum Gasteiger partial charge on any atom is 0.191 e. The molecule has 0 aliphatic carbocycles.